The van der Waals surface area contributed by atoms with Gasteiger partial charge in [-0.3, -0.25) is 4.79 Å². The van der Waals surface area contributed by atoms with E-state index < -0.39 is 5.97 Å². The lowest BCUT2D eigenvalue weighted by Gasteiger charge is -2.26. The largest absolute Gasteiger partial charge is 0.481 e. The van der Waals surface area contributed by atoms with Crippen LogP contribution in [-0.2, 0) is 4.79 Å². The fourth-order valence-corrected chi connectivity index (χ4v) is 2.27. The van der Waals surface area contributed by atoms with E-state index >= 15 is 0 Å². The Kier molecular flexibility index (Phi) is 6.39. The zero-order valence-corrected chi connectivity index (χ0v) is 11.7. The van der Waals surface area contributed by atoms with Crippen LogP contribution in [0.1, 0.15) is 46.0 Å². The van der Waals surface area contributed by atoms with Crippen molar-refractivity contribution in [2.24, 2.45) is 5.92 Å². The Hall–Kier alpha value is -1.52. The first-order chi connectivity index (χ1) is 8.99. The molecule has 1 fully saturated rings. The van der Waals surface area contributed by atoms with E-state index in [1.54, 1.807) is 0 Å². The van der Waals surface area contributed by atoms with Crippen molar-refractivity contribution in [2.75, 3.05) is 6.54 Å². The molecule has 0 unspecified atom stereocenters. The Bertz CT molecular complexity index is 341. The van der Waals surface area contributed by atoms with Crippen molar-refractivity contribution in [2.45, 2.75) is 52.0 Å². The summed E-state index contributed by atoms with van der Waals surface area (Å²) < 4.78 is 0. The SMILES string of the molecule is CC(C)=CCCNC(=O)NC1CCC(C(=O)O)CC1. The molecule has 0 atom stereocenters. The number of carbonyl (C=O) groups excluding carboxylic acids is 1. The number of carbonyl (C=O) groups is 2. The minimum absolute atomic E-state index is 0.110. The van der Waals surface area contributed by atoms with Gasteiger partial charge in [0.15, 0.2) is 0 Å². The maximum Gasteiger partial charge on any atom is 0.315 e. The van der Waals surface area contributed by atoms with Gasteiger partial charge in [0.1, 0.15) is 0 Å². The predicted molar refractivity (Wildman–Crippen MR) is 74.0 cm³/mol. The van der Waals surface area contributed by atoms with E-state index in [0.29, 0.717) is 19.4 Å². The molecule has 0 bridgehead atoms. The van der Waals surface area contributed by atoms with E-state index in [4.69, 9.17) is 5.11 Å². The fourth-order valence-electron chi connectivity index (χ4n) is 2.27. The van der Waals surface area contributed by atoms with Crippen molar-refractivity contribution in [1.29, 1.82) is 0 Å². The van der Waals surface area contributed by atoms with E-state index in [0.717, 1.165) is 19.3 Å². The number of amides is 2. The molecule has 0 aromatic rings. The average molecular weight is 268 g/mol. The van der Waals surface area contributed by atoms with Gasteiger partial charge in [0.2, 0.25) is 0 Å². The average Bonchev–Trinajstić information content (AvgIpc) is 2.35. The molecular weight excluding hydrogens is 244 g/mol. The van der Waals surface area contributed by atoms with Gasteiger partial charge in [-0.25, -0.2) is 4.79 Å². The summed E-state index contributed by atoms with van der Waals surface area (Å²) in [5.74, 6) is -0.955. The standard InChI is InChI=1S/C14H24N2O3/c1-10(2)4-3-9-15-14(19)16-12-7-5-11(6-8-12)13(17)18/h4,11-12H,3,5-9H2,1-2H3,(H,17,18)(H2,15,16,19). The van der Waals surface area contributed by atoms with Crippen LogP contribution in [0.25, 0.3) is 0 Å². The Morgan fingerprint density at radius 3 is 2.37 bits per heavy atom. The lowest BCUT2D eigenvalue weighted by molar-refractivity contribution is -0.142. The quantitative estimate of drug-likeness (QED) is 0.529. The van der Waals surface area contributed by atoms with Gasteiger partial charge in [0, 0.05) is 12.6 Å². The van der Waals surface area contributed by atoms with Gasteiger partial charge in [-0.2, -0.15) is 0 Å². The minimum Gasteiger partial charge on any atom is -0.481 e. The number of urea groups is 1. The molecule has 2 amide bonds. The first-order valence-electron chi connectivity index (χ1n) is 6.89. The molecule has 5 heteroatoms. The summed E-state index contributed by atoms with van der Waals surface area (Å²) in [5, 5.41) is 14.6. The Morgan fingerprint density at radius 1 is 1.21 bits per heavy atom. The van der Waals surface area contributed by atoms with Crippen molar-refractivity contribution < 1.29 is 14.7 Å². The summed E-state index contributed by atoms with van der Waals surface area (Å²) in [6.45, 7) is 4.68. The Balaban J connectivity index is 2.16. The van der Waals surface area contributed by atoms with Gasteiger partial charge in [0.25, 0.3) is 0 Å². The second-order valence-corrected chi connectivity index (χ2v) is 5.36. The number of rotatable bonds is 5. The molecule has 5 nitrogen and oxygen atoms in total. The first-order valence-corrected chi connectivity index (χ1v) is 6.89. The number of hydrogen-bond donors (Lipinski definition) is 3. The molecule has 0 aromatic heterocycles. The molecule has 1 aliphatic rings. The molecule has 1 saturated carbocycles. The van der Waals surface area contributed by atoms with Gasteiger partial charge in [-0.05, 0) is 46.0 Å². The van der Waals surface area contributed by atoms with Crippen molar-refractivity contribution >= 4 is 12.0 Å². The molecule has 1 aliphatic carbocycles. The number of aliphatic carboxylic acids is 1. The number of allylic oxidation sites excluding steroid dienone is 1. The van der Waals surface area contributed by atoms with Gasteiger partial charge < -0.3 is 15.7 Å². The third kappa shape index (κ3) is 6.27. The van der Waals surface area contributed by atoms with Crippen molar-refractivity contribution in [3.05, 3.63) is 11.6 Å². The van der Waals surface area contributed by atoms with Crippen LogP contribution in [0.5, 0.6) is 0 Å². The Labute approximate surface area is 114 Å². The van der Waals surface area contributed by atoms with Crippen LogP contribution in [0.15, 0.2) is 11.6 Å². The summed E-state index contributed by atoms with van der Waals surface area (Å²) in [6.07, 6.45) is 5.71. The van der Waals surface area contributed by atoms with Gasteiger partial charge in [0.05, 0.1) is 5.92 Å². The van der Waals surface area contributed by atoms with E-state index in [1.165, 1.54) is 5.57 Å². The van der Waals surface area contributed by atoms with Gasteiger partial charge in [-0.1, -0.05) is 11.6 Å². The van der Waals surface area contributed by atoms with Crippen molar-refractivity contribution in [3.8, 4) is 0 Å². The molecule has 0 radical (unpaired) electrons. The van der Waals surface area contributed by atoms with Gasteiger partial charge in [-0.15, -0.1) is 0 Å². The van der Waals surface area contributed by atoms with Crippen molar-refractivity contribution in [3.63, 3.8) is 0 Å². The lowest BCUT2D eigenvalue weighted by atomic mass is 9.86. The van der Waals surface area contributed by atoms with Crippen LogP contribution >= 0.6 is 0 Å². The highest BCUT2D eigenvalue weighted by Gasteiger charge is 2.26. The molecule has 108 valence electrons. The van der Waals surface area contributed by atoms with E-state index in [2.05, 4.69) is 16.7 Å². The number of nitrogens with one attached hydrogen (secondary N) is 2. The second kappa shape index (κ2) is 7.81. The molecule has 3 N–H and O–H groups in total. The first kappa shape index (κ1) is 15.5. The summed E-state index contributed by atoms with van der Waals surface area (Å²) in [4.78, 5) is 22.4. The van der Waals surface area contributed by atoms with E-state index in [1.807, 2.05) is 13.8 Å². The molecule has 19 heavy (non-hydrogen) atoms. The zero-order valence-electron chi connectivity index (χ0n) is 11.7. The van der Waals surface area contributed by atoms with Crippen LogP contribution < -0.4 is 10.6 Å². The lowest BCUT2D eigenvalue weighted by Crippen LogP contribution is -2.44. The van der Waals surface area contributed by atoms with Crippen molar-refractivity contribution in [1.82, 2.24) is 10.6 Å². The summed E-state index contributed by atoms with van der Waals surface area (Å²) in [7, 11) is 0. The number of carboxylic acids is 1. The molecule has 0 aromatic carbocycles. The highest BCUT2D eigenvalue weighted by molar-refractivity contribution is 5.74. The molecule has 0 heterocycles. The smallest absolute Gasteiger partial charge is 0.315 e. The normalized spacial score (nSPS) is 22.4. The topological polar surface area (TPSA) is 78.4 Å². The monoisotopic (exact) mass is 268 g/mol. The van der Waals surface area contributed by atoms with Gasteiger partial charge >= 0.3 is 12.0 Å². The molecule has 0 aliphatic heterocycles. The van der Waals surface area contributed by atoms with E-state index in [-0.39, 0.29) is 18.0 Å². The third-order valence-electron chi connectivity index (χ3n) is 3.39. The summed E-state index contributed by atoms with van der Waals surface area (Å²) in [6, 6.07) is -0.0417. The fraction of sp³-hybridized carbons (Fsp3) is 0.714. The number of carboxylic acid groups (broad SMARTS) is 1. The molecule has 1 rings (SSSR count). The zero-order chi connectivity index (χ0) is 14.3. The van der Waals surface area contributed by atoms with Crippen LogP contribution in [0.2, 0.25) is 0 Å². The highest BCUT2D eigenvalue weighted by atomic mass is 16.4. The van der Waals surface area contributed by atoms with E-state index in [9.17, 15) is 9.59 Å². The summed E-state index contributed by atoms with van der Waals surface area (Å²) >= 11 is 0. The number of hydrogen-bond acceptors (Lipinski definition) is 2. The highest BCUT2D eigenvalue weighted by Crippen LogP contribution is 2.24. The van der Waals surface area contributed by atoms with Crippen LogP contribution in [0.3, 0.4) is 0 Å². The molecular formula is C14H24N2O3. The van der Waals surface area contributed by atoms with Crippen LogP contribution in [0.4, 0.5) is 4.79 Å². The molecule has 0 spiro atoms. The predicted octanol–water partition coefficient (Wildman–Crippen LogP) is 2.29. The summed E-state index contributed by atoms with van der Waals surface area (Å²) in [5.41, 5.74) is 1.24. The second-order valence-electron chi connectivity index (χ2n) is 5.36. The Morgan fingerprint density at radius 2 is 1.84 bits per heavy atom. The minimum atomic E-state index is -0.718. The van der Waals surface area contributed by atoms with Crippen LogP contribution in [0, 0.1) is 5.92 Å². The molecule has 0 saturated heterocycles. The third-order valence-corrected chi connectivity index (χ3v) is 3.39. The maximum atomic E-state index is 11.6. The maximum absolute atomic E-state index is 11.6. The van der Waals surface area contributed by atoms with Crippen LogP contribution in [-0.4, -0.2) is 29.7 Å².